The van der Waals surface area contributed by atoms with Gasteiger partial charge in [-0.2, -0.15) is 4.37 Å². The smallest absolute Gasteiger partial charge is 0.336 e. The Morgan fingerprint density at radius 1 is 1.08 bits per heavy atom. The number of hydrogen-bond donors (Lipinski definition) is 1. The summed E-state index contributed by atoms with van der Waals surface area (Å²) in [6, 6.07) is 13.4. The summed E-state index contributed by atoms with van der Waals surface area (Å²) >= 11 is 1.35. The molecule has 1 N–H and O–H groups in total. The Morgan fingerprint density at radius 2 is 1.83 bits per heavy atom. The normalized spacial score (nSPS) is 11.2. The second-order valence-corrected chi connectivity index (χ2v) is 6.59. The van der Waals surface area contributed by atoms with Gasteiger partial charge in [-0.3, -0.25) is 0 Å². The number of carboxylic acids is 1. The van der Waals surface area contributed by atoms with Gasteiger partial charge in [-0.05, 0) is 48.6 Å². The highest BCUT2D eigenvalue weighted by atomic mass is 32.1. The zero-order valence-electron chi connectivity index (χ0n) is 13.2. The molecule has 0 bridgehead atoms. The van der Waals surface area contributed by atoms with Crippen molar-refractivity contribution in [3.05, 3.63) is 59.2 Å². The zero-order valence-corrected chi connectivity index (χ0v) is 14.0. The van der Waals surface area contributed by atoms with Crippen LogP contribution in [0.3, 0.4) is 0 Å². The number of aryl methyl sites for hydroxylation is 2. The van der Waals surface area contributed by atoms with Crippen LogP contribution >= 0.6 is 11.5 Å². The van der Waals surface area contributed by atoms with Gasteiger partial charge in [-0.15, -0.1) is 0 Å². The molecule has 5 heteroatoms. The molecular formula is C19H14N2O2S. The highest BCUT2D eigenvalue weighted by Gasteiger charge is 2.18. The van der Waals surface area contributed by atoms with Gasteiger partial charge in [0, 0.05) is 10.8 Å². The number of hydrogen-bond acceptors (Lipinski definition) is 4. The van der Waals surface area contributed by atoms with E-state index in [1.54, 1.807) is 6.07 Å². The van der Waals surface area contributed by atoms with Gasteiger partial charge >= 0.3 is 5.97 Å². The standard InChI is InChI=1S/C19H14N2O2S/c1-10-7-8-11(2)17-16(10)13(19(22)23)9-15(20-17)18-12-5-3-4-6-14(12)21-24-18/h3-9H,1-2H3,(H,22,23). The SMILES string of the molecule is Cc1ccc(C)c2c(C(=O)O)cc(-c3snc4ccccc34)nc12. The summed E-state index contributed by atoms with van der Waals surface area (Å²) in [6.45, 7) is 3.87. The lowest BCUT2D eigenvalue weighted by molar-refractivity contribution is 0.0699. The summed E-state index contributed by atoms with van der Waals surface area (Å²) in [5, 5.41) is 11.4. The minimum absolute atomic E-state index is 0.286. The van der Waals surface area contributed by atoms with Gasteiger partial charge in [0.1, 0.15) is 0 Å². The van der Waals surface area contributed by atoms with Crippen LogP contribution in [0.25, 0.3) is 32.4 Å². The van der Waals surface area contributed by atoms with Gasteiger partial charge in [0.2, 0.25) is 0 Å². The lowest BCUT2D eigenvalue weighted by Gasteiger charge is -2.10. The van der Waals surface area contributed by atoms with E-state index in [0.29, 0.717) is 11.1 Å². The fraction of sp³-hybridized carbons (Fsp3) is 0.105. The van der Waals surface area contributed by atoms with E-state index in [0.717, 1.165) is 32.4 Å². The van der Waals surface area contributed by atoms with Gasteiger partial charge in [-0.25, -0.2) is 9.78 Å². The third-order valence-electron chi connectivity index (χ3n) is 4.22. The lowest BCUT2D eigenvalue weighted by atomic mass is 9.99. The molecule has 0 aliphatic carbocycles. The summed E-state index contributed by atoms with van der Waals surface area (Å²) in [4.78, 5) is 17.5. The first-order chi connectivity index (χ1) is 11.6. The van der Waals surface area contributed by atoms with Gasteiger partial charge < -0.3 is 5.11 Å². The van der Waals surface area contributed by atoms with Crippen LogP contribution in [0.15, 0.2) is 42.5 Å². The van der Waals surface area contributed by atoms with E-state index in [9.17, 15) is 9.90 Å². The molecular weight excluding hydrogens is 320 g/mol. The maximum absolute atomic E-state index is 11.8. The monoisotopic (exact) mass is 334 g/mol. The Kier molecular flexibility index (Phi) is 3.32. The minimum Gasteiger partial charge on any atom is -0.478 e. The van der Waals surface area contributed by atoms with Crippen LogP contribution in [0, 0.1) is 13.8 Å². The topological polar surface area (TPSA) is 63.1 Å². The molecule has 4 nitrogen and oxygen atoms in total. The maximum Gasteiger partial charge on any atom is 0.336 e. The number of nitrogens with zero attached hydrogens (tertiary/aromatic N) is 2. The molecule has 0 aliphatic heterocycles. The minimum atomic E-state index is -0.939. The number of aromatic carboxylic acids is 1. The van der Waals surface area contributed by atoms with Gasteiger partial charge in [0.25, 0.3) is 0 Å². The van der Waals surface area contributed by atoms with Gasteiger partial charge in [-0.1, -0.05) is 30.3 Å². The fourth-order valence-electron chi connectivity index (χ4n) is 3.00. The van der Waals surface area contributed by atoms with E-state index in [1.807, 2.05) is 50.2 Å². The quantitative estimate of drug-likeness (QED) is 0.570. The highest BCUT2D eigenvalue weighted by Crippen LogP contribution is 2.35. The molecule has 2 aromatic carbocycles. The average molecular weight is 334 g/mol. The molecule has 118 valence electrons. The van der Waals surface area contributed by atoms with E-state index in [4.69, 9.17) is 4.98 Å². The maximum atomic E-state index is 11.8. The first-order valence-corrected chi connectivity index (χ1v) is 8.32. The second kappa shape index (κ2) is 5.39. The first-order valence-electron chi connectivity index (χ1n) is 7.55. The van der Waals surface area contributed by atoms with Crippen LogP contribution < -0.4 is 0 Å². The van der Waals surface area contributed by atoms with Crippen molar-refractivity contribution in [1.29, 1.82) is 0 Å². The molecule has 0 saturated heterocycles. The van der Waals surface area contributed by atoms with E-state index < -0.39 is 5.97 Å². The van der Waals surface area contributed by atoms with Crippen molar-refractivity contribution in [2.75, 3.05) is 0 Å². The van der Waals surface area contributed by atoms with Crippen LogP contribution in [0.1, 0.15) is 21.5 Å². The number of aromatic nitrogens is 2. The first kappa shape index (κ1) is 14.8. The molecule has 0 aliphatic rings. The molecule has 0 fully saturated rings. The number of rotatable bonds is 2. The molecule has 0 atom stereocenters. The predicted molar refractivity (Wildman–Crippen MR) is 96.8 cm³/mol. The molecule has 0 spiro atoms. The number of pyridine rings is 1. The van der Waals surface area contributed by atoms with Crippen LogP contribution in [-0.2, 0) is 0 Å². The number of fused-ring (bicyclic) bond motifs is 2. The van der Waals surface area contributed by atoms with Crippen LogP contribution in [0.4, 0.5) is 0 Å². The number of carbonyl (C=O) groups is 1. The molecule has 0 unspecified atom stereocenters. The van der Waals surface area contributed by atoms with Crippen molar-refractivity contribution in [2.24, 2.45) is 0 Å². The van der Waals surface area contributed by atoms with Crippen LogP contribution in [0.2, 0.25) is 0 Å². The third kappa shape index (κ3) is 2.17. The lowest BCUT2D eigenvalue weighted by Crippen LogP contribution is -2.02. The van der Waals surface area contributed by atoms with Crippen molar-refractivity contribution in [1.82, 2.24) is 9.36 Å². The van der Waals surface area contributed by atoms with Gasteiger partial charge in [0.05, 0.1) is 27.2 Å². The fourth-order valence-corrected chi connectivity index (χ4v) is 3.82. The van der Waals surface area contributed by atoms with Crippen molar-refractivity contribution < 1.29 is 9.90 Å². The molecule has 0 amide bonds. The Hall–Kier alpha value is -2.79. The van der Waals surface area contributed by atoms with E-state index >= 15 is 0 Å². The van der Waals surface area contributed by atoms with Crippen LogP contribution in [-0.4, -0.2) is 20.4 Å². The molecule has 2 heterocycles. The molecule has 0 radical (unpaired) electrons. The summed E-state index contributed by atoms with van der Waals surface area (Å²) in [5.41, 5.74) is 4.47. The molecule has 4 rings (SSSR count). The summed E-state index contributed by atoms with van der Waals surface area (Å²) in [6.07, 6.45) is 0. The van der Waals surface area contributed by atoms with E-state index in [-0.39, 0.29) is 5.56 Å². The highest BCUT2D eigenvalue weighted by molar-refractivity contribution is 7.11. The zero-order chi connectivity index (χ0) is 16.8. The molecule has 24 heavy (non-hydrogen) atoms. The summed E-state index contributed by atoms with van der Waals surface area (Å²) in [7, 11) is 0. The van der Waals surface area contributed by atoms with Crippen molar-refractivity contribution in [3.63, 3.8) is 0 Å². The Balaban J connectivity index is 2.11. The Labute approximate surface area is 142 Å². The van der Waals surface area contributed by atoms with Crippen molar-refractivity contribution in [2.45, 2.75) is 13.8 Å². The number of benzene rings is 2. The molecule has 2 aromatic heterocycles. The second-order valence-electron chi connectivity index (χ2n) is 5.81. The van der Waals surface area contributed by atoms with E-state index in [1.165, 1.54) is 11.5 Å². The summed E-state index contributed by atoms with van der Waals surface area (Å²) < 4.78 is 4.44. The molecule has 0 saturated carbocycles. The molecule has 4 aromatic rings. The Morgan fingerprint density at radius 3 is 2.62 bits per heavy atom. The Bertz CT molecular complexity index is 1120. The van der Waals surface area contributed by atoms with Crippen LogP contribution in [0.5, 0.6) is 0 Å². The van der Waals surface area contributed by atoms with Gasteiger partial charge in [0.15, 0.2) is 0 Å². The van der Waals surface area contributed by atoms with Crippen molar-refractivity contribution >= 4 is 39.3 Å². The number of carboxylic acid groups (broad SMARTS) is 1. The van der Waals surface area contributed by atoms with Crippen molar-refractivity contribution in [3.8, 4) is 10.6 Å². The predicted octanol–water partition coefficient (Wildman–Crippen LogP) is 4.83. The summed E-state index contributed by atoms with van der Waals surface area (Å²) in [5.74, 6) is -0.939. The van der Waals surface area contributed by atoms with E-state index in [2.05, 4.69) is 4.37 Å². The third-order valence-corrected chi connectivity index (χ3v) is 5.12. The average Bonchev–Trinajstić information content (AvgIpc) is 3.01. The largest absolute Gasteiger partial charge is 0.478 e.